The first-order valence-corrected chi connectivity index (χ1v) is 12.4. The Morgan fingerprint density at radius 3 is 1.94 bits per heavy atom. The zero-order valence-electron chi connectivity index (χ0n) is 20.9. The van der Waals surface area contributed by atoms with Crippen molar-refractivity contribution in [2.75, 3.05) is 24.6 Å². The smallest absolute Gasteiger partial charge is 0.115 e. The molecule has 0 aromatic heterocycles. The van der Waals surface area contributed by atoms with E-state index in [1.54, 1.807) is 24.3 Å². The highest BCUT2D eigenvalue weighted by molar-refractivity contribution is 5.53. The Balaban J connectivity index is 1.24. The molecule has 0 aliphatic rings. The number of hydrogen-bond acceptors (Lipinski definition) is 5. The third-order valence-electron chi connectivity index (χ3n) is 6.28. The van der Waals surface area contributed by atoms with E-state index in [1.165, 1.54) is 16.7 Å². The van der Waals surface area contributed by atoms with Crippen molar-refractivity contribution in [2.24, 2.45) is 10.2 Å². The van der Waals surface area contributed by atoms with Gasteiger partial charge in [-0.25, -0.2) is 0 Å². The number of hydrogen-bond donors (Lipinski definition) is 1. The van der Waals surface area contributed by atoms with E-state index in [2.05, 4.69) is 95.7 Å². The summed E-state index contributed by atoms with van der Waals surface area (Å²) in [6, 6.07) is 34.0. The first kappa shape index (κ1) is 25.1. The second-order valence-corrected chi connectivity index (χ2v) is 8.74. The highest BCUT2D eigenvalue weighted by atomic mass is 16.5. The number of phenols is 1. The Bertz CT molecular complexity index is 1220. The van der Waals surface area contributed by atoms with E-state index in [1.807, 2.05) is 12.1 Å². The van der Waals surface area contributed by atoms with Gasteiger partial charge in [0.1, 0.15) is 5.75 Å². The molecule has 0 heterocycles. The van der Waals surface area contributed by atoms with Crippen molar-refractivity contribution in [2.45, 2.75) is 26.4 Å². The van der Waals surface area contributed by atoms with Crippen molar-refractivity contribution in [3.8, 4) is 5.75 Å². The maximum absolute atomic E-state index is 9.36. The minimum atomic E-state index is 0.216. The third kappa shape index (κ3) is 7.03. The zero-order valence-corrected chi connectivity index (χ0v) is 20.9. The Labute approximate surface area is 213 Å². The number of likely N-dealkylation sites (N-methyl/N-ethyl adjacent to an activating group) is 1. The van der Waals surface area contributed by atoms with Gasteiger partial charge in [-0.3, -0.25) is 0 Å². The van der Waals surface area contributed by atoms with Gasteiger partial charge in [0.2, 0.25) is 0 Å². The predicted molar refractivity (Wildman–Crippen MR) is 147 cm³/mol. The largest absolute Gasteiger partial charge is 0.508 e. The molecule has 1 N–H and O–H groups in total. The minimum absolute atomic E-state index is 0.216. The van der Waals surface area contributed by atoms with E-state index in [-0.39, 0.29) is 5.75 Å². The van der Waals surface area contributed by atoms with Crippen molar-refractivity contribution in [3.63, 3.8) is 0 Å². The third-order valence-corrected chi connectivity index (χ3v) is 6.28. The van der Waals surface area contributed by atoms with Gasteiger partial charge in [-0.2, -0.15) is 10.2 Å². The van der Waals surface area contributed by atoms with E-state index in [0.717, 1.165) is 24.5 Å². The zero-order chi connectivity index (χ0) is 25.2. The number of azo groups is 1. The molecule has 0 aliphatic heterocycles. The van der Waals surface area contributed by atoms with Crippen LogP contribution in [0.5, 0.6) is 5.75 Å². The van der Waals surface area contributed by atoms with Crippen molar-refractivity contribution >= 4 is 17.1 Å². The molecule has 184 valence electrons. The van der Waals surface area contributed by atoms with E-state index in [9.17, 15) is 5.11 Å². The number of nitrogens with zero attached hydrogens (tertiary/aromatic N) is 3. The van der Waals surface area contributed by atoms with Crippen LogP contribution in [-0.2, 0) is 11.3 Å². The normalized spacial score (nSPS) is 12.1. The molecule has 0 radical (unpaired) electrons. The second kappa shape index (κ2) is 12.7. The van der Waals surface area contributed by atoms with Gasteiger partial charge in [0.15, 0.2) is 0 Å². The molecule has 0 aliphatic carbocycles. The van der Waals surface area contributed by atoms with Gasteiger partial charge in [0, 0.05) is 24.7 Å². The fraction of sp³-hybridized carbons (Fsp3) is 0.226. The highest BCUT2D eigenvalue weighted by Gasteiger charge is 2.08. The predicted octanol–water partition coefficient (Wildman–Crippen LogP) is 8.00. The van der Waals surface area contributed by atoms with Crippen LogP contribution in [0, 0.1) is 0 Å². The molecule has 0 spiro atoms. The summed E-state index contributed by atoms with van der Waals surface area (Å²) < 4.78 is 5.99. The average molecular weight is 480 g/mol. The molecule has 5 heteroatoms. The van der Waals surface area contributed by atoms with Gasteiger partial charge in [0.25, 0.3) is 0 Å². The number of benzene rings is 4. The van der Waals surface area contributed by atoms with Crippen molar-refractivity contribution in [1.82, 2.24) is 0 Å². The highest BCUT2D eigenvalue weighted by Crippen LogP contribution is 2.25. The Morgan fingerprint density at radius 1 is 0.750 bits per heavy atom. The van der Waals surface area contributed by atoms with Crippen molar-refractivity contribution in [3.05, 3.63) is 120 Å². The van der Waals surface area contributed by atoms with Gasteiger partial charge in [-0.05, 0) is 72.1 Å². The molecule has 0 saturated carbocycles. The number of aromatic hydroxyl groups is 1. The van der Waals surface area contributed by atoms with Crippen LogP contribution in [0.3, 0.4) is 0 Å². The van der Waals surface area contributed by atoms with Crippen LogP contribution in [0.25, 0.3) is 0 Å². The molecule has 4 aromatic carbocycles. The average Bonchev–Trinajstić information content (AvgIpc) is 2.94. The first-order valence-electron chi connectivity index (χ1n) is 12.4. The lowest BCUT2D eigenvalue weighted by Crippen LogP contribution is -2.26. The summed E-state index contributed by atoms with van der Waals surface area (Å²) in [6.45, 7) is 7.35. The second-order valence-electron chi connectivity index (χ2n) is 8.74. The van der Waals surface area contributed by atoms with E-state index in [4.69, 9.17) is 4.74 Å². The number of phenolic OH excluding ortho intramolecular Hbond substituents is 1. The molecule has 1 atom stereocenters. The fourth-order valence-corrected chi connectivity index (χ4v) is 4.04. The molecule has 4 rings (SSSR count). The summed E-state index contributed by atoms with van der Waals surface area (Å²) in [4.78, 5) is 2.28. The van der Waals surface area contributed by atoms with E-state index < -0.39 is 0 Å². The SMILES string of the molecule is CCN(CCOCc1ccc(C(C)c2ccccc2)cc1)c1ccc(N=Nc2ccc(O)cc2)cc1. The summed E-state index contributed by atoms with van der Waals surface area (Å²) in [7, 11) is 0. The van der Waals surface area contributed by atoms with Crippen LogP contribution in [0.4, 0.5) is 17.1 Å². The van der Waals surface area contributed by atoms with Crippen LogP contribution in [0.2, 0.25) is 0 Å². The molecule has 0 amide bonds. The lowest BCUT2D eigenvalue weighted by Gasteiger charge is -2.23. The maximum Gasteiger partial charge on any atom is 0.115 e. The van der Waals surface area contributed by atoms with Gasteiger partial charge >= 0.3 is 0 Å². The topological polar surface area (TPSA) is 57.4 Å². The van der Waals surface area contributed by atoms with Crippen LogP contribution >= 0.6 is 0 Å². The van der Waals surface area contributed by atoms with Gasteiger partial charge < -0.3 is 14.7 Å². The lowest BCUT2D eigenvalue weighted by atomic mass is 9.93. The standard InChI is InChI=1S/C31H33N3O2/c1-3-34(30-17-13-28(14-18-30)32-33-29-15-19-31(35)20-16-29)21-22-36-23-25-9-11-27(12-10-25)24(2)26-7-5-4-6-8-26/h4-20,24,35H,3,21-23H2,1-2H3. The summed E-state index contributed by atoms with van der Waals surface area (Å²) >= 11 is 0. The quantitative estimate of drug-likeness (QED) is 0.175. The van der Waals surface area contributed by atoms with Crippen LogP contribution in [0.1, 0.15) is 36.5 Å². The molecular formula is C31H33N3O2. The summed E-state index contributed by atoms with van der Waals surface area (Å²) in [5, 5.41) is 17.8. The summed E-state index contributed by atoms with van der Waals surface area (Å²) in [5.41, 5.74) is 6.44. The van der Waals surface area contributed by atoms with Crippen molar-refractivity contribution < 1.29 is 9.84 Å². The van der Waals surface area contributed by atoms with Crippen molar-refractivity contribution in [1.29, 1.82) is 0 Å². The molecule has 5 nitrogen and oxygen atoms in total. The Hall–Kier alpha value is -3.96. The van der Waals surface area contributed by atoms with Gasteiger partial charge in [-0.15, -0.1) is 0 Å². The molecule has 1 unspecified atom stereocenters. The van der Waals surface area contributed by atoms with Crippen LogP contribution < -0.4 is 4.90 Å². The monoisotopic (exact) mass is 479 g/mol. The number of rotatable bonds is 11. The van der Waals surface area contributed by atoms with Crippen LogP contribution in [-0.4, -0.2) is 24.8 Å². The van der Waals surface area contributed by atoms with Crippen LogP contribution in [0.15, 0.2) is 113 Å². The number of anilines is 1. The molecular weight excluding hydrogens is 446 g/mol. The summed E-state index contributed by atoms with van der Waals surface area (Å²) in [6.07, 6.45) is 0. The maximum atomic E-state index is 9.36. The molecule has 0 bridgehead atoms. The summed E-state index contributed by atoms with van der Waals surface area (Å²) in [5.74, 6) is 0.591. The molecule has 4 aromatic rings. The fourth-order valence-electron chi connectivity index (χ4n) is 4.04. The van der Waals surface area contributed by atoms with Gasteiger partial charge in [0.05, 0.1) is 24.6 Å². The van der Waals surface area contributed by atoms with E-state index >= 15 is 0 Å². The first-order chi connectivity index (χ1) is 17.6. The minimum Gasteiger partial charge on any atom is -0.508 e. The molecule has 0 saturated heterocycles. The van der Waals surface area contributed by atoms with Gasteiger partial charge in [-0.1, -0.05) is 61.5 Å². The molecule has 0 fully saturated rings. The number of ether oxygens (including phenoxy) is 1. The van der Waals surface area contributed by atoms with E-state index in [0.29, 0.717) is 24.8 Å². The Kier molecular flexibility index (Phi) is 8.84. The Morgan fingerprint density at radius 2 is 1.33 bits per heavy atom. The molecule has 36 heavy (non-hydrogen) atoms. The lowest BCUT2D eigenvalue weighted by molar-refractivity contribution is 0.127.